The SMILES string of the molecule is Cc1c(Cl)ccc2sc(N(CCCN(C)C)C(=O)Cn3cncn3)nc12. The van der Waals surface area contributed by atoms with Gasteiger partial charge in [0.1, 0.15) is 19.2 Å². The highest BCUT2D eigenvalue weighted by molar-refractivity contribution is 7.22. The molecule has 0 atom stereocenters. The summed E-state index contributed by atoms with van der Waals surface area (Å²) in [6, 6.07) is 3.82. The minimum atomic E-state index is -0.0583. The zero-order valence-electron chi connectivity index (χ0n) is 15.0. The Balaban J connectivity index is 1.88. The summed E-state index contributed by atoms with van der Waals surface area (Å²) in [6.45, 7) is 3.57. The van der Waals surface area contributed by atoms with Crippen LogP contribution >= 0.6 is 22.9 Å². The molecule has 0 saturated carbocycles. The second kappa shape index (κ2) is 8.11. The fourth-order valence-electron chi connectivity index (χ4n) is 2.61. The highest BCUT2D eigenvalue weighted by atomic mass is 35.5. The molecule has 0 aliphatic carbocycles. The van der Waals surface area contributed by atoms with Crippen molar-refractivity contribution >= 4 is 44.2 Å². The van der Waals surface area contributed by atoms with Gasteiger partial charge in [-0.3, -0.25) is 9.69 Å². The van der Waals surface area contributed by atoms with Crippen LogP contribution in [0.1, 0.15) is 12.0 Å². The molecule has 1 amide bonds. The smallest absolute Gasteiger partial charge is 0.250 e. The molecule has 3 rings (SSSR count). The van der Waals surface area contributed by atoms with Gasteiger partial charge in [0.15, 0.2) is 5.13 Å². The number of fused-ring (bicyclic) bond motifs is 1. The van der Waals surface area contributed by atoms with Crippen molar-refractivity contribution in [2.24, 2.45) is 0 Å². The molecule has 3 aromatic rings. The third-order valence-electron chi connectivity index (χ3n) is 4.02. The normalized spacial score (nSPS) is 11.4. The van der Waals surface area contributed by atoms with Gasteiger partial charge in [0.05, 0.1) is 10.2 Å². The van der Waals surface area contributed by atoms with E-state index in [4.69, 9.17) is 16.6 Å². The van der Waals surface area contributed by atoms with Crippen LogP contribution < -0.4 is 4.90 Å². The second-order valence-electron chi connectivity index (χ2n) is 6.31. The van der Waals surface area contributed by atoms with Crippen molar-refractivity contribution < 1.29 is 4.79 Å². The van der Waals surface area contributed by atoms with Crippen LogP contribution in [0.3, 0.4) is 0 Å². The molecule has 2 aromatic heterocycles. The number of hydrogen-bond donors (Lipinski definition) is 0. The van der Waals surface area contributed by atoms with Gasteiger partial charge in [-0.15, -0.1) is 0 Å². The Hall–Kier alpha value is -2.03. The maximum Gasteiger partial charge on any atom is 0.250 e. The summed E-state index contributed by atoms with van der Waals surface area (Å²) in [5.41, 5.74) is 1.78. The van der Waals surface area contributed by atoms with E-state index in [1.807, 2.05) is 33.2 Å². The van der Waals surface area contributed by atoms with Crippen LogP contribution in [0.15, 0.2) is 24.8 Å². The van der Waals surface area contributed by atoms with Crippen LogP contribution in [0.5, 0.6) is 0 Å². The summed E-state index contributed by atoms with van der Waals surface area (Å²) < 4.78 is 2.55. The van der Waals surface area contributed by atoms with Crippen LogP contribution in [-0.2, 0) is 11.3 Å². The molecule has 0 radical (unpaired) electrons. The van der Waals surface area contributed by atoms with Crippen molar-refractivity contribution in [3.05, 3.63) is 35.4 Å². The number of nitrogens with zero attached hydrogens (tertiary/aromatic N) is 6. The highest BCUT2D eigenvalue weighted by Gasteiger charge is 2.21. The number of halogens is 1. The van der Waals surface area contributed by atoms with Crippen molar-refractivity contribution in [1.29, 1.82) is 0 Å². The predicted octanol–water partition coefficient (Wildman–Crippen LogP) is 2.83. The van der Waals surface area contributed by atoms with E-state index in [0.29, 0.717) is 16.7 Å². The molecule has 0 aliphatic heterocycles. The molecule has 26 heavy (non-hydrogen) atoms. The Labute approximate surface area is 161 Å². The standard InChI is InChI=1S/C17H21ClN6OS/c1-12-13(18)5-6-14-16(12)21-17(26-14)24(8-4-7-22(2)3)15(25)9-23-11-19-10-20-23/h5-6,10-11H,4,7-9H2,1-3H3. The molecule has 0 N–H and O–H groups in total. The highest BCUT2D eigenvalue weighted by Crippen LogP contribution is 2.33. The first-order chi connectivity index (χ1) is 12.5. The molecule has 0 spiro atoms. The first-order valence-corrected chi connectivity index (χ1v) is 9.48. The number of aromatic nitrogens is 4. The molecule has 0 saturated heterocycles. The molecule has 7 nitrogen and oxygen atoms in total. The Kier molecular flexibility index (Phi) is 5.85. The Morgan fingerprint density at radius 2 is 2.12 bits per heavy atom. The zero-order valence-corrected chi connectivity index (χ0v) is 16.6. The van der Waals surface area contributed by atoms with Crippen LogP contribution in [0, 0.1) is 6.92 Å². The maximum atomic E-state index is 12.9. The molecule has 0 fully saturated rings. The van der Waals surface area contributed by atoms with Crippen molar-refractivity contribution in [2.45, 2.75) is 19.9 Å². The number of anilines is 1. The summed E-state index contributed by atoms with van der Waals surface area (Å²) in [7, 11) is 4.04. The van der Waals surface area contributed by atoms with Crippen molar-refractivity contribution in [2.75, 3.05) is 32.1 Å². The molecule has 9 heteroatoms. The van der Waals surface area contributed by atoms with Gasteiger partial charge in [0.25, 0.3) is 5.91 Å². The van der Waals surface area contributed by atoms with Gasteiger partial charge >= 0.3 is 0 Å². The van der Waals surface area contributed by atoms with E-state index in [1.54, 1.807) is 4.90 Å². The average Bonchev–Trinajstić information content (AvgIpc) is 3.24. The van der Waals surface area contributed by atoms with Crippen molar-refractivity contribution in [3.8, 4) is 0 Å². The second-order valence-corrected chi connectivity index (χ2v) is 7.73. The number of rotatable bonds is 7. The topological polar surface area (TPSA) is 67.2 Å². The maximum absolute atomic E-state index is 12.9. The molecule has 0 bridgehead atoms. The lowest BCUT2D eigenvalue weighted by Crippen LogP contribution is -2.36. The summed E-state index contributed by atoms with van der Waals surface area (Å²) >= 11 is 7.72. The van der Waals surface area contributed by atoms with Gasteiger partial charge in [-0.25, -0.2) is 14.6 Å². The van der Waals surface area contributed by atoms with Gasteiger partial charge in [-0.1, -0.05) is 22.9 Å². The number of aryl methyl sites for hydroxylation is 1. The van der Waals surface area contributed by atoms with E-state index in [9.17, 15) is 4.79 Å². The minimum absolute atomic E-state index is 0.0583. The lowest BCUT2D eigenvalue weighted by atomic mass is 10.2. The van der Waals surface area contributed by atoms with Gasteiger partial charge in [-0.05, 0) is 51.7 Å². The Morgan fingerprint density at radius 1 is 1.31 bits per heavy atom. The van der Waals surface area contributed by atoms with Gasteiger partial charge in [0, 0.05) is 11.6 Å². The number of carbonyl (C=O) groups excluding carboxylic acids is 1. The van der Waals surface area contributed by atoms with E-state index in [0.717, 1.165) is 28.7 Å². The van der Waals surface area contributed by atoms with Crippen molar-refractivity contribution in [3.63, 3.8) is 0 Å². The Bertz CT molecular complexity index is 892. The van der Waals surface area contributed by atoms with Gasteiger partial charge < -0.3 is 4.90 Å². The summed E-state index contributed by atoms with van der Waals surface area (Å²) in [5.74, 6) is -0.0583. The first-order valence-electron chi connectivity index (χ1n) is 8.29. The van der Waals surface area contributed by atoms with Crippen LogP contribution in [0.4, 0.5) is 5.13 Å². The number of hydrogen-bond acceptors (Lipinski definition) is 6. The third-order valence-corrected chi connectivity index (χ3v) is 5.47. The van der Waals surface area contributed by atoms with E-state index in [2.05, 4.69) is 15.0 Å². The average molecular weight is 393 g/mol. The molecule has 0 unspecified atom stereocenters. The van der Waals surface area contributed by atoms with Gasteiger partial charge in [-0.2, -0.15) is 5.10 Å². The number of thiazole rings is 1. The fourth-order valence-corrected chi connectivity index (χ4v) is 3.84. The molecule has 1 aromatic carbocycles. The van der Waals surface area contributed by atoms with E-state index in [1.165, 1.54) is 28.7 Å². The molecule has 0 aliphatic rings. The quantitative estimate of drug-likeness (QED) is 0.618. The predicted molar refractivity (Wildman–Crippen MR) is 105 cm³/mol. The molecular weight excluding hydrogens is 372 g/mol. The number of carbonyl (C=O) groups is 1. The molecule has 138 valence electrons. The zero-order chi connectivity index (χ0) is 18.7. The molecular formula is C17H21ClN6OS. The van der Waals surface area contributed by atoms with E-state index >= 15 is 0 Å². The van der Waals surface area contributed by atoms with Crippen LogP contribution in [0.25, 0.3) is 10.2 Å². The fraction of sp³-hybridized carbons (Fsp3) is 0.412. The van der Waals surface area contributed by atoms with Crippen LogP contribution in [0.2, 0.25) is 5.02 Å². The van der Waals surface area contributed by atoms with E-state index < -0.39 is 0 Å². The number of amides is 1. The summed E-state index contributed by atoms with van der Waals surface area (Å²) in [5, 5.41) is 5.40. The number of benzene rings is 1. The minimum Gasteiger partial charge on any atom is -0.309 e. The third kappa shape index (κ3) is 4.20. The Morgan fingerprint density at radius 3 is 2.81 bits per heavy atom. The van der Waals surface area contributed by atoms with E-state index in [-0.39, 0.29) is 12.5 Å². The monoisotopic (exact) mass is 392 g/mol. The largest absolute Gasteiger partial charge is 0.309 e. The lowest BCUT2D eigenvalue weighted by molar-refractivity contribution is -0.119. The molecule has 2 heterocycles. The lowest BCUT2D eigenvalue weighted by Gasteiger charge is -2.20. The van der Waals surface area contributed by atoms with Crippen LogP contribution in [-0.4, -0.2) is 57.7 Å². The van der Waals surface area contributed by atoms with Crippen molar-refractivity contribution in [1.82, 2.24) is 24.6 Å². The first kappa shape index (κ1) is 18.8. The summed E-state index contributed by atoms with van der Waals surface area (Å²) in [6.07, 6.45) is 3.82. The van der Waals surface area contributed by atoms with Gasteiger partial charge in [0.2, 0.25) is 0 Å². The summed E-state index contributed by atoms with van der Waals surface area (Å²) in [4.78, 5) is 25.3.